The first-order valence-electron chi connectivity index (χ1n) is 7.78. The van der Waals surface area contributed by atoms with E-state index in [4.69, 9.17) is 10.5 Å². The summed E-state index contributed by atoms with van der Waals surface area (Å²) in [5.41, 5.74) is 6.95. The smallest absolute Gasteiger partial charge is 0.257 e. The van der Waals surface area contributed by atoms with Crippen molar-refractivity contribution in [3.05, 3.63) is 23.8 Å². The average molecular weight is 290 g/mol. The number of methoxy groups -OCH3 is 1. The van der Waals surface area contributed by atoms with Gasteiger partial charge in [0.25, 0.3) is 5.91 Å². The lowest BCUT2D eigenvalue weighted by Gasteiger charge is -2.34. The summed E-state index contributed by atoms with van der Waals surface area (Å²) in [7, 11) is 3.44. The number of nitrogen functional groups attached to an aromatic ring is 1. The van der Waals surface area contributed by atoms with Crippen LogP contribution < -0.4 is 10.5 Å². The van der Waals surface area contributed by atoms with Crippen LogP contribution in [0.4, 0.5) is 5.69 Å². The molecular weight excluding hydrogens is 264 g/mol. The highest BCUT2D eigenvalue weighted by atomic mass is 16.5. The van der Waals surface area contributed by atoms with Crippen molar-refractivity contribution in [3.63, 3.8) is 0 Å². The van der Waals surface area contributed by atoms with Crippen molar-refractivity contribution in [3.8, 4) is 5.75 Å². The molecule has 0 spiro atoms. The molecule has 1 fully saturated rings. The minimum Gasteiger partial charge on any atom is -0.494 e. The van der Waals surface area contributed by atoms with E-state index in [-0.39, 0.29) is 5.91 Å². The van der Waals surface area contributed by atoms with E-state index < -0.39 is 0 Å². The molecular formula is C17H26N2O2. The Hall–Kier alpha value is -1.71. The first-order valence-corrected chi connectivity index (χ1v) is 7.78. The van der Waals surface area contributed by atoms with E-state index in [2.05, 4.69) is 6.92 Å². The van der Waals surface area contributed by atoms with Crippen molar-refractivity contribution in [2.75, 3.05) is 19.9 Å². The van der Waals surface area contributed by atoms with Crippen LogP contribution in [0.5, 0.6) is 5.75 Å². The highest BCUT2D eigenvalue weighted by Crippen LogP contribution is 2.32. The number of anilines is 1. The number of hydrogen-bond acceptors (Lipinski definition) is 3. The number of nitrogens with two attached hydrogens (primary N) is 1. The van der Waals surface area contributed by atoms with Crippen LogP contribution in [0.25, 0.3) is 0 Å². The lowest BCUT2D eigenvalue weighted by atomic mass is 9.84. The molecule has 116 valence electrons. The Kier molecular flexibility index (Phi) is 5.10. The molecule has 4 heteroatoms. The van der Waals surface area contributed by atoms with Crippen LogP contribution in [0.15, 0.2) is 18.2 Å². The number of carbonyl (C=O) groups excluding carboxylic acids is 1. The van der Waals surface area contributed by atoms with Crippen molar-refractivity contribution in [1.29, 1.82) is 0 Å². The van der Waals surface area contributed by atoms with E-state index in [0.29, 0.717) is 23.0 Å². The molecule has 0 aromatic heterocycles. The van der Waals surface area contributed by atoms with Gasteiger partial charge < -0.3 is 15.4 Å². The van der Waals surface area contributed by atoms with E-state index in [1.165, 1.54) is 19.3 Å². The average Bonchev–Trinajstić information content (AvgIpc) is 2.53. The maximum atomic E-state index is 12.7. The van der Waals surface area contributed by atoms with Crippen LogP contribution in [-0.4, -0.2) is 31.0 Å². The van der Waals surface area contributed by atoms with Gasteiger partial charge >= 0.3 is 0 Å². The lowest BCUT2D eigenvalue weighted by molar-refractivity contribution is 0.0671. The standard InChI is InChI=1S/C17H26N2O2/c1-4-12-8-10-13(11-9-12)19(2)17(20)14-6-5-7-15(18)16(14)21-3/h5-7,12-13H,4,8-11,18H2,1-3H3. The predicted molar refractivity (Wildman–Crippen MR) is 85.5 cm³/mol. The van der Waals surface area contributed by atoms with Gasteiger partial charge in [0.1, 0.15) is 0 Å². The van der Waals surface area contributed by atoms with Gasteiger partial charge in [-0.05, 0) is 43.7 Å². The molecule has 2 N–H and O–H groups in total. The zero-order valence-corrected chi connectivity index (χ0v) is 13.3. The van der Waals surface area contributed by atoms with E-state index >= 15 is 0 Å². The molecule has 1 saturated carbocycles. The maximum Gasteiger partial charge on any atom is 0.257 e. The second-order valence-corrected chi connectivity index (χ2v) is 5.93. The molecule has 0 bridgehead atoms. The van der Waals surface area contributed by atoms with Crippen LogP contribution in [-0.2, 0) is 0 Å². The number of rotatable bonds is 4. The fourth-order valence-electron chi connectivity index (χ4n) is 3.25. The Morgan fingerprint density at radius 3 is 2.57 bits per heavy atom. The molecule has 0 saturated heterocycles. The molecule has 2 rings (SSSR count). The highest BCUT2D eigenvalue weighted by molar-refractivity contribution is 5.98. The zero-order chi connectivity index (χ0) is 15.4. The molecule has 1 aliphatic carbocycles. The van der Waals surface area contributed by atoms with Gasteiger partial charge in [0.15, 0.2) is 5.75 Å². The minimum atomic E-state index is -0.000835. The lowest BCUT2D eigenvalue weighted by Crippen LogP contribution is -2.39. The van der Waals surface area contributed by atoms with Crippen LogP contribution in [0.3, 0.4) is 0 Å². The molecule has 1 aliphatic rings. The number of amides is 1. The quantitative estimate of drug-likeness (QED) is 0.865. The summed E-state index contributed by atoms with van der Waals surface area (Å²) < 4.78 is 5.30. The van der Waals surface area contributed by atoms with Gasteiger partial charge in [-0.15, -0.1) is 0 Å². The van der Waals surface area contributed by atoms with E-state index in [1.807, 2.05) is 11.9 Å². The van der Waals surface area contributed by atoms with Gasteiger partial charge in [-0.1, -0.05) is 19.4 Å². The molecule has 1 aromatic rings. The molecule has 0 unspecified atom stereocenters. The third-order valence-corrected chi connectivity index (χ3v) is 4.74. The van der Waals surface area contributed by atoms with Crippen LogP contribution in [0.1, 0.15) is 49.4 Å². The van der Waals surface area contributed by atoms with Gasteiger partial charge in [-0.3, -0.25) is 4.79 Å². The number of ether oxygens (including phenoxy) is 1. The molecule has 0 atom stereocenters. The Morgan fingerprint density at radius 1 is 1.33 bits per heavy atom. The fourth-order valence-corrected chi connectivity index (χ4v) is 3.25. The summed E-state index contributed by atoms with van der Waals surface area (Å²) >= 11 is 0. The molecule has 21 heavy (non-hydrogen) atoms. The van der Waals surface area contributed by atoms with E-state index in [0.717, 1.165) is 18.8 Å². The number of carbonyl (C=O) groups is 1. The Labute approximate surface area is 127 Å². The van der Waals surface area contributed by atoms with Crippen LogP contribution in [0.2, 0.25) is 0 Å². The van der Waals surface area contributed by atoms with E-state index in [1.54, 1.807) is 25.3 Å². The largest absolute Gasteiger partial charge is 0.494 e. The first-order chi connectivity index (χ1) is 10.1. The minimum absolute atomic E-state index is 0.000835. The van der Waals surface area contributed by atoms with Gasteiger partial charge in [0.05, 0.1) is 18.4 Å². The normalized spacial score (nSPS) is 21.9. The summed E-state index contributed by atoms with van der Waals surface area (Å²) in [5.74, 6) is 1.31. The molecule has 4 nitrogen and oxygen atoms in total. The predicted octanol–water partition coefficient (Wildman–Crippen LogP) is 3.32. The summed E-state index contributed by atoms with van der Waals surface area (Å²) in [6, 6.07) is 5.66. The van der Waals surface area contributed by atoms with Crippen molar-refractivity contribution in [2.24, 2.45) is 5.92 Å². The molecule has 0 aliphatic heterocycles. The van der Waals surface area contributed by atoms with Crippen molar-refractivity contribution in [2.45, 2.75) is 45.1 Å². The van der Waals surface area contributed by atoms with Crippen molar-refractivity contribution < 1.29 is 9.53 Å². The van der Waals surface area contributed by atoms with Crippen molar-refractivity contribution >= 4 is 11.6 Å². The molecule has 0 radical (unpaired) electrons. The summed E-state index contributed by atoms with van der Waals surface area (Å²) in [6.45, 7) is 2.25. The number of nitrogens with zero attached hydrogens (tertiary/aromatic N) is 1. The summed E-state index contributed by atoms with van der Waals surface area (Å²) in [5, 5.41) is 0. The Morgan fingerprint density at radius 2 is 2.00 bits per heavy atom. The Bertz CT molecular complexity index is 494. The highest BCUT2D eigenvalue weighted by Gasteiger charge is 2.28. The van der Waals surface area contributed by atoms with Gasteiger partial charge in [0.2, 0.25) is 0 Å². The topological polar surface area (TPSA) is 55.6 Å². The second kappa shape index (κ2) is 6.83. The SMILES string of the molecule is CCC1CCC(N(C)C(=O)c2cccc(N)c2OC)CC1. The maximum absolute atomic E-state index is 12.7. The Balaban J connectivity index is 2.11. The molecule has 1 amide bonds. The van der Waals surface area contributed by atoms with Crippen LogP contribution >= 0.6 is 0 Å². The number of para-hydroxylation sites is 1. The molecule has 1 aromatic carbocycles. The first kappa shape index (κ1) is 15.7. The second-order valence-electron chi connectivity index (χ2n) is 5.93. The third kappa shape index (κ3) is 3.31. The number of hydrogen-bond donors (Lipinski definition) is 1. The number of benzene rings is 1. The van der Waals surface area contributed by atoms with Gasteiger partial charge in [-0.2, -0.15) is 0 Å². The van der Waals surface area contributed by atoms with E-state index in [9.17, 15) is 4.79 Å². The van der Waals surface area contributed by atoms with Crippen molar-refractivity contribution in [1.82, 2.24) is 4.90 Å². The fraction of sp³-hybridized carbons (Fsp3) is 0.588. The summed E-state index contributed by atoms with van der Waals surface area (Å²) in [4.78, 5) is 14.6. The third-order valence-electron chi connectivity index (χ3n) is 4.74. The summed E-state index contributed by atoms with van der Waals surface area (Å²) in [6.07, 6.45) is 5.85. The monoisotopic (exact) mass is 290 g/mol. The molecule has 0 heterocycles. The van der Waals surface area contributed by atoms with Gasteiger partial charge in [0, 0.05) is 13.1 Å². The zero-order valence-electron chi connectivity index (χ0n) is 13.3. The van der Waals surface area contributed by atoms with Gasteiger partial charge in [-0.25, -0.2) is 0 Å². The van der Waals surface area contributed by atoms with Crippen LogP contribution in [0, 0.1) is 5.92 Å².